The summed E-state index contributed by atoms with van der Waals surface area (Å²) in [4.78, 5) is 18.6. The summed E-state index contributed by atoms with van der Waals surface area (Å²) < 4.78 is 26.7. The van der Waals surface area contributed by atoms with Crippen LogP contribution in [0.3, 0.4) is 0 Å². The van der Waals surface area contributed by atoms with Gasteiger partial charge in [0.05, 0.1) is 5.69 Å². The predicted molar refractivity (Wildman–Crippen MR) is 74.9 cm³/mol. The lowest BCUT2D eigenvalue weighted by atomic mass is 9.79. The fourth-order valence-corrected chi connectivity index (χ4v) is 2.73. The number of alkyl halides is 2. The number of hydrogen-bond acceptors (Lipinski definition) is 2. The predicted octanol–water partition coefficient (Wildman–Crippen LogP) is 3.71. The summed E-state index contributed by atoms with van der Waals surface area (Å²) >= 11 is 3.35. The van der Waals surface area contributed by atoms with Crippen LogP contribution in [0.4, 0.5) is 8.78 Å². The lowest BCUT2D eigenvalue weighted by Crippen LogP contribution is -2.34. The normalized spacial score (nSPS) is 17.8. The summed E-state index contributed by atoms with van der Waals surface area (Å²) in [6.45, 7) is 0. The molecule has 0 amide bonds. The van der Waals surface area contributed by atoms with Crippen molar-refractivity contribution in [2.75, 3.05) is 0 Å². The molecule has 1 N–H and O–H groups in total. The van der Waals surface area contributed by atoms with Gasteiger partial charge < -0.3 is 4.98 Å². The quantitative estimate of drug-likeness (QED) is 0.905. The topological polar surface area (TPSA) is 45.8 Å². The second-order valence-electron chi connectivity index (χ2n) is 4.99. The zero-order valence-electron chi connectivity index (χ0n) is 10.4. The molecule has 1 aliphatic carbocycles. The molecule has 0 radical (unpaired) electrons. The molecule has 0 bridgehead atoms. The lowest BCUT2D eigenvalue weighted by molar-refractivity contribution is -0.0876. The fourth-order valence-electron chi connectivity index (χ4n) is 2.33. The van der Waals surface area contributed by atoms with Crippen LogP contribution in [0.15, 0.2) is 39.6 Å². The van der Waals surface area contributed by atoms with Crippen LogP contribution in [0.2, 0.25) is 0 Å². The Hall–Kier alpha value is -1.56. The van der Waals surface area contributed by atoms with Gasteiger partial charge in [0.25, 0.3) is 5.56 Å². The number of benzene rings is 1. The third-order valence-corrected chi connectivity index (χ3v) is 3.86. The minimum absolute atomic E-state index is 0.235. The number of aromatic amines is 1. The number of halogens is 3. The highest BCUT2D eigenvalue weighted by molar-refractivity contribution is 9.10. The van der Waals surface area contributed by atoms with Gasteiger partial charge in [0.2, 0.25) is 5.92 Å². The summed E-state index contributed by atoms with van der Waals surface area (Å²) in [6, 6.07) is 8.61. The SMILES string of the molecule is O=c1cc(C2CC(F)(F)C2)nc(-c2cccc(Br)c2)[nH]1. The summed E-state index contributed by atoms with van der Waals surface area (Å²) in [5, 5.41) is 0. The second kappa shape index (κ2) is 4.77. The highest BCUT2D eigenvalue weighted by Crippen LogP contribution is 2.47. The van der Waals surface area contributed by atoms with Crippen molar-refractivity contribution in [2.24, 2.45) is 0 Å². The van der Waals surface area contributed by atoms with Crippen molar-refractivity contribution in [1.82, 2.24) is 9.97 Å². The Labute approximate surface area is 122 Å². The largest absolute Gasteiger partial charge is 0.307 e. The molecule has 1 aromatic heterocycles. The Bertz CT molecular complexity index is 706. The van der Waals surface area contributed by atoms with Gasteiger partial charge in [-0.25, -0.2) is 13.8 Å². The van der Waals surface area contributed by atoms with Gasteiger partial charge in [-0.15, -0.1) is 0 Å². The molecule has 1 aromatic carbocycles. The number of hydrogen-bond donors (Lipinski definition) is 1. The Morgan fingerprint density at radius 2 is 2.05 bits per heavy atom. The molecule has 3 rings (SSSR count). The molecule has 20 heavy (non-hydrogen) atoms. The zero-order chi connectivity index (χ0) is 14.3. The highest BCUT2D eigenvalue weighted by Gasteiger charge is 2.46. The van der Waals surface area contributed by atoms with Crippen LogP contribution in [0.1, 0.15) is 24.5 Å². The Balaban J connectivity index is 1.97. The van der Waals surface area contributed by atoms with Crippen LogP contribution in [0, 0.1) is 0 Å². The van der Waals surface area contributed by atoms with E-state index in [2.05, 4.69) is 25.9 Å². The molecular formula is C14H11BrF2N2O. The number of aromatic nitrogens is 2. The van der Waals surface area contributed by atoms with Crippen LogP contribution in [-0.4, -0.2) is 15.9 Å². The number of nitrogens with zero attached hydrogens (tertiary/aromatic N) is 1. The van der Waals surface area contributed by atoms with E-state index >= 15 is 0 Å². The third-order valence-electron chi connectivity index (χ3n) is 3.37. The maximum absolute atomic E-state index is 12.9. The molecule has 0 unspecified atom stereocenters. The van der Waals surface area contributed by atoms with Gasteiger partial charge in [-0.2, -0.15) is 0 Å². The molecule has 1 fully saturated rings. The Kier molecular flexibility index (Phi) is 3.20. The molecule has 6 heteroatoms. The number of H-pyrrole nitrogens is 1. The molecule has 0 atom stereocenters. The van der Waals surface area contributed by atoms with Gasteiger partial charge in [0.15, 0.2) is 0 Å². The molecule has 2 aromatic rings. The first-order valence-electron chi connectivity index (χ1n) is 6.18. The second-order valence-corrected chi connectivity index (χ2v) is 5.91. The maximum Gasteiger partial charge on any atom is 0.251 e. The van der Waals surface area contributed by atoms with Gasteiger partial charge in [0, 0.05) is 34.9 Å². The van der Waals surface area contributed by atoms with Crippen molar-refractivity contribution in [2.45, 2.75) is 24.7 Å². The first kappa shape index (κ1) is 13.4. The maximum atomic E-state index is 12.9. The fraction of sp³-hybridized carbons (Fsp3) is 0.286. The van der Waals surface area contributed by atoms with Gasteiger partial charge >= 0.3 is 0 Å². The van der Waals surface area contributed by atoms with E-state index in [4.69, 9.17) is 0 Å². The monoisotopic (exact) mass is 340 g/mol. The van der Waals surface area contributed by atoms with Crippen molar-refractivity contribution in [1.29, 1.82) is 0 Å². The smallest absolute Gasteiger partial charge is 0.251 e. The van der Waals surface area contributed by atoms with E-state index in [9.17, 15) is 13.6 Å². The highest BCUT2D eigenvalue weighted by atomic mass is 79.9. The van der Waals surface area contributed by atoms with E-state index in [0.717, 1.165) is 10.0 Å². The summed E-state index contributed by atoms with van der Waals surface area (Å²) in [5.74, 6) is -2.55. The molecule has 3 nitrogen and oxygen atoms in total. The van der Waals surface area contributed by atoms with Crippen molar-refractivity contribution in [3.05, 3.63) is 50.9 Å². The molecule has 1 aliphatic rings. The Morgan fingerprint density at radius 3 is 2.70 bits per heavy atom. The van der Waals surface area contributed by atoms with Crippen LogP contribution in [0.25, 0.3) is 11.4 Å². The van der Waals surface area contributed by atoms with Crippen molar-refractivity contribution < 1.29 is 8.78 Å². The van der Waals surface area contributed by atoms with E-state index in [1.807, 2.05) is 24.3 Å². The van der Waals surface area contributed by atoms with E-state index < -0.39 is 5.92 Å². The molecular weight excluding hydrogens is 330 g/mol. The molecule has 0 saturated heterocycles. The first-order chi connectivity index (χ1) is 9.43. The van der Waals surface area contributed by atoms with Crippen molar-refractivity contribution in [3.63, 3.8) is 0 Å². The van der Waals surface area contributed by atoms with Gasteiger partial charge in [-0.1, -0.05) is 28.1 Å². The zero-order valence-corrected chi connectivity index (χ0v) is 12.0. The van der Waals surface area contributed by atoms with Crippen LogP contribution in [0.5, 0.6) is 0 Å². The third kappa shape index (κ3) is 2.65. The minimum Gasteiger partial charge on any atom is -0.307 e. The van der Waals surface area contributed by atoms with Crippen molar-refractivity contribution >= 4 is 15.9 Å². The summed E-state index contributed by atoms with van der Waals surface area (Å²) in [6.07, 6.45) is -0.469. The van der Waals surface area contributed by atoms with Crippen LogP contribution in [-0.2, 0) is 0 Å². The molecule has 1 heterocycles. The standard InChI is InChI=1S/C14H11BrF2N2O/c15-10-3-1-2-8(4-10)13-18-11(5-12(20)19-13)9-6-14(16,17)7-9/h1-5,9H,6-7H2,(H,18,19,20). The molecule has 0 aliphatic heterocycles. The van der Waals surface area contributed by atoms with E-state index in [1.165, 1.54) is 6.07 Å². The van der Waals surface area contributed by atoms with Gasteiger partial charge in [-0.05, 0) is 12.1 Å². The molecule has 1 saturated carbocycles. The van der Waals surface area contributed by atoms with E-state index in [-0.39, 0.29) is 24.3 Å². The summed E-state index contributed by atoms with van der Waals surface area (Å²) in [7, 11) is 0. The Morgan fingerprint density at radius 1 is 1.30 bits per heavy atom. The van der Waals surface area contributed by atoms with Crippen molar-refractivity contribution in [3.8, 4) is 11.4 Å². The van der Waals surface area contributed by atoms with E-state index in [1.54, 1.807) is 0 Å². The molecule has 0 spiro atoms. The summed E-state index contributed by atoms with van der Waals surface area (Å²) in [5.41, 5.74) is 0.860. The van der Waals surface area contributed by atoms with E-state index in [0.29, 0.717) is 11.5 Å². The lowest BCUT2D eigenvalue weighted by Gasteiger charge is -2.34. The minimum atomic E-state index is -2.62. The number of rotatable bonds is 2. The first-order valence-corrected chi connectivity index (χ1v) is 6.97. The molecule has 104 valence electrons. The van der Waals surface area contributed by atoms with Gasteiger partial charge in [-0.3, -0.25) is 4.79 Å². The number of nitrogens with one attached hydrogen (secondary N) is 1. The van der Waals surface area contributed by atoms with Gasteiger partial charge in [0.1, 0.15) is 5.82 Å². The van der Waals surface area contributed by atoms with Crippen LogP contribution < -0.4 is 5.56 Å². The van der Waals surface area contributed by atoms with Crippen LogP contribution >= 0.6 is 15.9 Å². The average Bonchev–Trinajstić information content (AvgIpc) is 2.35. The average molecular weight is 341 g/mol.